The van der Waals surface area contributed by atoms with Gasteiger partial charge < -0.3 is 9.47 Å². The third-order valence-electron chi connectivity index (χ3n) is 4.50. The summed E-state index contributed by atoms with van der Waals surface area (Å²) in [5.74, 6) is 1.69. The maximum Gasteiger partial charge on any atom is 0.175 e. The smallest absolute Gasteiger partial charge is 0.175 e. The van der Waals surface area contributed by atoms with Crippen LogP contribution in [0.5, 0.6) is 11.5 Å². The number of methoxy groups -OCH3 is 1. The van der Waals surface area contributed by atoms with Gasteiger partial charge in [-0.1, -0.05) is 0 Å². The lowest BCUT2D eigenvalue weighted by atomic mass is 10.2. The Bertz CT molecular complexity index is 1120. The molecule has 4 rings (SSSR count). The Morgan fingerprint density at radius 2 is 1.96 bits per heavy atom. The minimum Gasteiger partial charge on any atom is -0.497 e. The fourth-order valence-corrected chi connectivity index (χ4v) is 3.76. The van der Waals surface area contributed by atoms with Crippen LogP contribution in [0.1, 0.15) is 11.4 Å². The van der Waals surface area contributed by atoms with Crippen LogP contribution in [0.3, 0.4) is 0 Å². The molecule has 27 heavy (non-hydrogen) atoms. The molecule has 0 atom stereocenters. The molecule has 0 N–H and O–H groups in total. The maximum absolute atomic E-state index is 13.5. The molecule has 0 spiro atoms. The van der Waals surface area contributed by atoms with Crippen molar-refractivity contribution in [2.45, 2.75) is 18.2 Å². The first-order valence-electron chi connectivity index (χ1n) is 8.20. The summed E-state index contributed by atoms with van der Waals surface area (Å²) in [6.45, 7) is -0.603. The number of imidazole rings is 1. The molecular formula is C19H17FN2O4S. The van der Waals surface area contributed by atoms with Crippen LogP contribution in [0.15, 0.2) is 47.4 Å². The summed E-state index contributed by atoms with van der Waals surface area (Å²) >= 11 is 0. The highest BCUT2D eigenvalue weighted by atomic mass is 32.2. The summed E-state index contributed by atoms with van der Waals surface area (Å²) in [6.07, 6.45) is 1.14. The second-order valence-corrected chi connectivity index (χ2v) is 8.23. The molecule has 1 aliphatic rings. The van der Waals surface area contributed by atoms with Crippen molar-refractivity contribution in [1.29, 1.82) is 0 Å². The van der Waals surface area contributed by atoms with E-state index < -0.39 is 16.5 Å². The summed E-state index contributed by atoms with van der Waals surface area (Å²) < 4.78 is 49.9. The first-order chi connectivity index (χ1) is 12.9. The van der Waals surface area contributed by atoms with Crippen LogP contribution in [0, 0.1) is 0 Å². The molecule has 2 heterocycles. The molecule has 140 valence electrons. The van der Waals surface area contributed by atoms with Crippen LogP contribution < -0.4 is 9.47 Å². The molecule has 8 heteroatoms. The SMILES string of the molecule is COc1ccc(-c2nc(CF)c3n2-c2ccc(S(C)(=O)=O)cc2OC3)cc1. The number of ether oxygens (including phenoxy) is 2. The number of hydrogen-bond acceptors (Lipinski definition) is 5. The number of alkyl halides is 1. The predicted octanol–water partition coefficient (Wildman–Crippen LogP) is 3.31. The van der Waals surface area contributed by atoms with Gasteiger partial charge in [-0.3, -0.25) is 4.57 Å². The van der Waals surface area contributed by atoms with E-state index in [2.05, 4.69) is 4.98 Å². The summed E-state index contributed by atoms with van der Waals surface area (Å²) in [4.78, 5) is 4.62. The minimum atomic E-state index is -3.36. The molecule has 1 aliphatic heterocycles. The topological polar surface area (TPSA) is 70.4 Å². The maximum atomic E-state index is 13.5. The molecule has 0 radical (unpaired) electrons. The number of rotatable bonds is 4. The number of halogens is 1. The molecule has 1 aromatic heterocycles. The lowest BCUT2D eigenvalue weighted by Crippen LogP contribution is -2.15. The Hall–Kier alpha value is -2.87. The van der Waals surface area contributed by atoms with Gasteiger partial charge in [0.2, 0.25) is 0 Å². The zero-order chi connectivity index (χ0) is 19.2. The highest BCUT2D eigenvalue weighted by Crippen LogP contribution is 2.37. The number of nitrogens with zero attached hydrogens (tertiary/aromatic N) is 2. The Morgan fingerprint density at radius 1 is 1.22 bits per heavy atom. The van der Waals surface area contributed by atoms with Crippen molar-refractivity contribution in [3.05, 3.63) is 53.9 Å². The Morgan fingerprint density at radius 3 is 2.59 bits per heavy atom. The van der Waals surface area contributed by atoms with Crippen molar-refractivity contribution < 1.29 is 22.3 Å². The van der Waals surface area contributed by atoms with Crippen molar-refractivity contribution >= 4 is 9.84 Å². The van der Waals surface area contributed by atoms with E-state index in [0.717, 1.165) is 11.8 Å². The standard InChI is InChI=1S/C19H17FN2O4S/c1-25-13-5-3-12(4-6-13)19-21-15(10-20)17-11-26-18-9-14(27(2,23)24)7-8-16(18)22(17)19/h3-9H,10-11H2,1-2H3. The average molecular weight is 388 g/mol. The van der Waals surface area contributed by atoms with Gasteiger partial charge in [0.1, 0.15) is 30.6 Å². The second-order valence-electron chi connectivity index (χ2n) is 6.22. The predicted molar refractivity (Wildman–Crippen MR) is 97.8 cm³/mol. The molecule has 0 aliphatic carbocycles. The fraction of sp³-hybridized carbons (Fsp3) is 0.211. The second kappa shape index (κ2) is 6.38. The lowest BCUT2D eigenvalue weighted by Gasteiger charge is -2.22. The van der Waals surface area contributed by atoms with E-state index in [4.69, 9.17) is 9.47 Å². The monoisotopic (exact) mass is 388 g/mol. The molecule has 0 saturated heterocycles. The first-order valence-corrected chi connectivity index (χ1v) is 10.1. The van der Waals surface area contributed by atoms with Crippen molar-refractivity contribution in [2.24, 2.45) is 0 Å². The van der Waals surface area contributed by atoms with Crippen LogP contribution in [0.4, 0.5) is 4.39 Å². The van der Waals surface area contributed by atoms with Gasteiger partial charge in [0, 0.05) is 17.9 Å². The van der Waals surface area contributed by atoms with Gasteiger partial charge in [0.05, 0.1) is 29.1 Å². The molecule has 0 unspecified atom stereocenters. The van der Waals surface area contributed by atoms with Crippen LogP contribution in [-0.4, -0.2) is 31.3 Å². The normalized spacial score (nSPS) is 12.9. The first kappa shape index (κ1) is 17.5. The van der Waals surface area contributed by atoms with Gasteiger partial charge in [0.25, 0.3) is 0 Å². The van der Waals surface area contributed by atoms with Gasteiger partial charge in [-0.15, -0.1) is 0 Å². The quantitative estimate of drug-likeness (QED) is 0.686. The largest absolute Gasteiger partial charge is 0.497 e. The number of aromatic nitrogens is 2. The number of fused-ring (bicyclic) bond motifs is 3. The van der Waals surface area contributed by atoms with Crippen LogP contribution >= 0.6 is 0 Å². The van der Waals surface area contributed by atoms with Crippen molar-refractivity contribution in [3.8, 4) is 28.6 Å². The van der Waals surface area contributed by atoms with E-state index >= 15 is 0 Å². The van der Waals surface area contributed by atoms with E-state index in [1.807, 2.05) is 16.7 Å². The molecule has 3 aromatic rings. The zero-order valence-corrected chi connectivity index (χ0v) is 15.6. The van der Waals surface area contributed by atoms with Gasteiger partial charge in [0.15, 0.2) is 9.84 Å². The average Bonchev–Trinajstić information content (AvgIpc) is 3.06. The molecular weight excluding hydrogens is 371 g/mol. The van der Waals surface area contributed by atoms with Crippen LogP contribution in [0.25, 0.3) is 17.1 Å². The van der Waals surface area contributed by atoms with E-state index in [1.54, 1.807) is 25.3 Å². The summed E-state index contributed by atoms with van der Waals surface area (Å²) in [7, 11) is -1.78. The van der Waals surface area contributed by atoms with E-state index in [1.165, 1.54) is 12.1 Å². The molecule has 2 aromatic carbocycles. The molecule has 0 fully saturated rings. The highest BCUT2D eigenvalue weighted by Gasteiger charge is 2.27. The summed E-state index contributed by atoms with van der Waals surface area (Å²) in [6, 6.07) is 12.0. The van der Waals surface area contributed by atoms with E-state index in [-0.39, 0.29) is 11.5 Å². The highest BCUT2D eigenvalue weighted by molar-refractivity contribution is 7.90. The number of benzene rings is 2. The molecule has 0 amide bonds. The van der Waals surface area contributed by atoms with Crippen molar-refractivity contribution in [3.63, 3.8) is 0 Å². The van der Waals surface area contributed by atoms with Gasteiger partial charge in [-0.05, 0) is 36.4 Å². The third kappa shape index (κ3) is 2.95. The zero-order valence-electron chi connectivity index (χ0n) is 14.8. The summed E-state index contributed by atoms with van der Waals surface area (Å²) in [5, 5.41) is 0. The van der Waals surface area contributed by atoms with E-state index in [0.29, 0.717) is 34.4 Å². The number of sulfone groups is 1. The van der Waals surface area contributed by atoms with E-state index in [9.17, 15) is 12.8 Å². The lowest BCUT2D eigenvalue weighted by molar-refractivity contribution is 0.281. The Balaban J connectivity index is 1.91. The minimum absolute atomic E-state index is 0.114. The Kier molecular flexibility index (Phi) is 4.15. The summed E-state index contributed by atoms with van der Waals surface area (Å²) in [5.41, 5.74) is 2.33. The molecule has 6 nitrogen and oxygen atoms in total. The third-order valence-corrected chi connectivity index (χ3v) is 5.61. The number of hydrogen-bond donors (Lipinski definition) is 0. The van der Waals surface area contributed by atoms with Crippen LogP contribution in [0.2, 0.25) is 0 Å². The fourth-order valence-electron chi connectivity index (χ4n) is 3.12. The van der Waals surface area contributed by atoms with Gasteiger partial charge in [-0.2, -0.15) is 0 Å². The van der Waals surface area contributed by atoms with Gasteiger partial charge in [-0.25, -0.2) is 17.8 Å². The van der Waals surface area contributed by atoms with Crippen molar-refractivity contribution in [1.82, 2.24) is 9.55 Å². The van der Waals surface area contributed by atoms with Gasteiger partial charge >= 0.3 is 0 Å². The van der Waals surface area contributed by atoms with Crippen LogP contribution in [-0.2, 0) is 23.1 Å². The molecule has 0 bridgehead atoms. The Labute approximate surface area is 156 Å². The van der Waals surface area contributed by atoms with Crippen molar-refractivity contribution in [2.75, 3.05) is 13.4 Å². The molecule has 0 saturated carbocycles.